The van der Waals surface area contributed by atoms with Crippen LogP contribution in [0.1, 0.15) is 38.2 Å². The van der Waals surface area contributed by atoms with Crippen LogP contribution in [-0.4, -0.2) is 19.2 Å². The maximum absolute atomic E-state index is 11.1. The Morgan fingerprint density at radius 3 is 2.75 bits per heavy atom. The molecular weight excluding hydrogens is 322 g/mol. The molecule has 0 saturated heterocycles. The first-order valence-corrected chi connectivity index (χ1v) is 7.73. The smallest absolute Gasteiger partial charge is 0.305 e. The molecule has 0 aliphatic carbocycles. The van der Waals surface area contributed by atoms with E-state index < -0.39 is 0 Å². The van der Waals surface area contributed by atoms with Gasteiger partial charge in [-0.15, -0.1) is 0 Å². The molecule has 0 amide bonds. The Morgan fingerprint density at radius 2 is 2.10 bits per heavy atom. The number of hydrogen-bond donors (Lipinski definition) is 1. The summed E-state index contributed by atoms with van der Waals surface area (Å²) in [5.74, 6) is 0.709. The standard InChI is InChI=1S/C15H22BrNO3/c1-2-19-15(18)6-4-3-5-9-20-14-8-7-12(11-17)10-13(14)16/h7-8,10H,2-6,9,11,17H2,1H3. The van der Waals surface area contributed by atoms with Gasteiger partial charge in [-0.05, 0) is 59.8 Å². The summed E-state index contributed by atoms with van der Waals surface area (Å²) in [5, 5.41) is 0. The normalized spacial score (nSPS) is 10.3. The lowest BCUT2D eigenvalue weighted by Crippen LogP contribution is -2.04. The van der Waals surface area contributed by atoms with E-state index in [2.05, 4.69) is 15.9 Å². The zero-order valence-corrected chi connectivity index (χ0v) is 13.4. The molecule has 0 saturated carbocycles. The topological polar surface area (TPSA) is 61.5 Å². The molecule has 4 nitrogen and oxygen atoms in total. The van der Waals surface area contributed by atoms with Crippen molar-refractivity contribution in [3.8, 4) is 5.75 Å². The second-order valence-corrected chi connectivity index (χ2v) is 5.29. The fourth-order valence-electron chi connectivity index (χ4n) is 1.75. The van der Waals surface area contributed by atoms with Gasteiger partial charge in [0, 0.05) is 13.0 Å². The molecule has 2 N–H and O–H groups in total. The third-order valence-electron chi connectivity index (χ3n) is 2.82. The van der Waals surface area contributed by atoms with Gasteiger partial charge in [0.15, 0.2) is 0 Å². The van der Waals surface area contributed by atoms with Gasteiger partial charge in [0.25, 0.3) is 0 Å². The SMILES string of the molecule is CCOC(=O)CCCCCOc1ccc(CN)cc1Br. The molecule has 20 heavy (non-hydrogen) atoms. The van der Waals surface area contributed by atoms with Crippen LogP contribution in [0.2, 0.25) is 0 Å². The number of rotatable bonds is 9. The molecule has 0 heterocycles. The van der Waals surface area contributed by atoms with Crippen LogP contribution in [0.5, 0.6) is 5.75 Å². The summed E-state index contributed by atoms with van der Waals surface area (Å²) in [4.78, 5) is 11.1. The number of nitrogens with two attached hydrogens (primary N) is 1. The van der Waals surface area contributed by atoms with E-state index in [9.17, 15) is 4.79 Å². The van der Waals surface area contributed by atoms with Crippen LogP contribution < -0.4 is 10.5 Å². The van der Waals surface area contributed by atoms with E-state index >= 15 is 0 Å². The monoisotopic (exact) mass is 343 g/mol. The fourth-order valence-corrected chi connectivity index (χ4v) is 2.29. The highest BCUT2D eigenvalue weighted by molar-refractivity contribution is 9.10. The van der Waals surface area contributed by atoms with Crippen LogP contribution in [0, 0.1) is 0 Å². The van der Waals surface area contributed by atoms with Gasteiger partial charge >= 0.3 is 5.97 Å². The van der Waals surface area contributed by atoms with Crippen molar-refractivity contribution >= 4 is 21.9 Å². The summed E-state index contributed by atoms with van der Waals surface area (Å²) < 4.78 is 11.5. The lowest BCUT2D eigenvalue weighted by molar-refractivity contribution is -0.143. The number of halogens is 1. The Hall–Kier alpha value is -1.07. The lowest BCUT2D eigenvalue weighted by atomic mass is 10.2. The summed E-state index contributed by atoms with van der Waals surface area (Å²) in [6, 6.07) is 5.85. The highest BCUT2D eigenvalue weighted by atomic mass is 79.9. The summed E-state index contributed by atoms with van der Waals surface area (Å²) in [7, 11) is 0. The predicted molar refractivity (Wildman–Crippen MR) is 82.6 cm³/mol. The van der Waals surface area contributed by atoms with E-state index in [1.54, 1.807) is 0 Å². The minimum absolute atomic E-state index is 0.117. The first kappa shape index (κ1) is 17.0. The van der Waals surface area contributed by atoms with E-state index in [4.69, 9.17) is 15.2 Å². The molecule has 0 unspecified atom stereocenters. The van der Waals surface area contributed by atoms with Crippen molar-refractivity contribution in [2.24, 2.45) is 5.73 Å². The molecule has 0 aromatic heterocycles. The zero-order valence-electron chi connectivity index (χ0n) is 11.9. The molecule has 0 fully saturated rings. The third kappa shape index (κ3) is 6.39. The zero-order chi connectivity index (χ0) is 14.8. The second kappa shape index (κ2) is 9.77. The highest BCUT2D eigenvalue weighted by Crippen LogP contribution is 2.26. The van der Waals surface area contributed by atoms with Crippen molar-refractivity contribution in [2.75, 3.05) is 13.2 Å². The fraction of sp³-hybridized carbons (Fsp3) is 0.533. The maximum atomic E-state index is 11.1. The molecule has 0 atom stereocenters. The number of benzene rings is 1. The van der Waals surface area contributed by atoms with Crippen molar-refractivity contribution in [3.05, 3.63) is 28.2 Å². The summed E-state index contributed by atoms with van der Waals surface area (Å²) in [6.45, 7) is 3.43. The van der Waals surface area contributed by atoms with Gasteiger partial charge < -0.3 is 15.2 Å². The predicted octanol–water partition coefficient (Wildman–Crippen LogP) is 3.41. The first-order valence-electron chi connectivity index (χ1n) is 6.94. The maximum Gasteiger partial charge on any atom is 0.305 e. The second-order valence-electron chi connectivity index (χ2n) is 4.43. The molecule has 0 radical (unpaired) electrons. The van der Waals surface area contributed by atoms with E-state index in [0.717, 1.165) is 35.0 Å². The molecule has 1 rings (SSSR count). The minimum Gasteiger partial charge on any atom is -0.492 e. The van der Waals surface area contributed by atoms with Gasteiger partial charge in [0.05, 0.1) is 17.7 Å². The van der Waals surface area contributed by atoms with Gasteiger partial charge in [0.1, 0.15) is 5.75 Å². The van der Waals surface area contributed by atoms with Gasteiger partial charge in [-0.25, -0.2) is 0 Å². The number of unbranched alkanes of at least 4 members (excludes halogenated alkanes) is 2. The van der Waals surface area contributed by atoms with Crippen LogP contribution in [0.25, 0.3) is 0 Å². The van der Waals surface area contributed by atoms with Crippen molar-refractivity contribution in [2.45, 2.75) is 39.2 Å². The Morgan fingerprint density at radius 1 is 1.30 bits per heavy atom. The van der Waals surface area contributed by atoms with E-state index in [1.165, 1.54) is 0 Å². The van der Waals surface area contributed by atoms with E-state index in [-0.39, 0.29) is 5.97 Å². The number of carbonyl (C=O) groups is 1. The molecular formula is C15H22BrNO3. The van der Waals surface area contributed by atoms with Crippen LogP contribution in [-0.2, 0) is 16.1 Å². The number of hydrogen-bond acceptors (Lipinski definition) is 4. The Labute approximate surface area is 128 Å². The minimum atomic E-state index is -0.117. The molecule has 0 aliphatic rings. The summed E-state index contributed by atoms with van der Waals surface area (Å²) in [5.41, 5.74) is 6.64. The molecule has 0 bridgehead atoms. The third-order valence-corrected chi connectivity index (χ3v) is 3.44. The van der Waals surface area contributed by atoms with Gasteiger partial charge in [0.2, 0.25) is 0 Å². The van der Waals surface area contributed by atoms with Gasteiger partial charge in [-0.3, -0.25) is 4.79 Å². The molecule has 5 heteroatoms. The summed E-state index contributed by atoms with van der Waals surface area (Å²) in [6.07, 6.45) is 3.21. The average molecular weight is 344 g/mol. The Bertz CT molecular complexity index is 424. The van der Waals surface area contributed by atoms with E-state index in [1.807, 2.05) is 25.1 Å². The number of carbonyl (C=O) groups excluding carboxylic acids is 1. The quantitative estimate of drug-likeness (QED) is 0.551. The Kier molecular flexibility index (Phi) is 8.30. The number of ether oxygens (including phenoxy) is 2. The molecule has 112 valence electrons. The first-order chi connectivity index (χ1) is 9.67. The van der Waals surface area contributed by atoms with Crippen molar-refractivity contribution in [1.82, 2.24) is 0 Å². The largest absolute Gasteiger partial charge is 0.492 e. The average Bonchev–Trinajstić information content (AvgIpc) is 2.44. The van der Waals surface area contributed by atoms with Crippen molar-refractivity contribution in [3.63, 3.8) is 0 Å². The van der Waals surface area contributed by atoms with Gasteiger partial charge in [-0.1, -0.05) is 6.07 Å². The number of esters is 1. The van der Waals surface area contributed by atoms with E-state index in [0.29, 0.717) is 26.2 Å². The molecule has 0 spiro atoms. The highest BCUT2D eigenvalue weighted by Gasteiger charge is 2.03. The lowest BCUT2D eigenvalue weighted by Gasteiger charge is -2.09. The van der Waals surface area contributed by atoms with Gasteiger partial charge in [-0.2, -0.15) is 0 Å². The van der Waals surface area contributed by atoms with Crippen molar-refractivity contribution < 1.29 is 14.3 Å². The van der Waals surface area contributed by atoms with Crippen LogP contribution in [0.15, 0.2) is 22.7 Å². The van der Waals surface area contributed by atoms with Crippen LogP contribution in [0.3, 0.4) is 0 Å². The van der Waals surface area contributed by atoms with Crippen molar-refractivity contribution in [1.29, 1.82) is 0 Å². The van der Waals surface area contributed by atoms with Crippen LogP contribution >= 0.6 is 15.9 Å². The summed E-state index contributed by atoms with van der Waals surface area (Å²) >= 11 is 3.47. The Balaban J connectivity index is 2.17. The molecule has 0 aliphatic heterocycles. The molecule has 1 aromatic rings. The van der Waals surface area contributed by atoms with Crippen LogP contribution in [0.4, 0.5) is 0 Å². The molecule has 1 aromatic carbocycles.